The maximum atomic E-state index is 12.7. The molecule has 0 saturated heterocycles. The third-order valence-electron chi connectivity index (χ3n) is 4.99. The number of benzene rings is 1. The number of rotatable bonds is 7. The first-order valence-electron chi connectivity index (χ1n) is 9.48. The van der Waals surface area contributed by atoms with Gasteiger partial charge in [0.25, 0.3) is 0 Å². The molecule has 0 atom stereocenters. The zero-order chi connectivity index (χ0) is 19.9. The summed E-state index contributed by atoms with van der Waals surface area (Å²) in [6.07, 6.45) is 4.08. The third kappa shape index (κ3) is 5.61. The lowest BCUT2D eigenvalue weighted by atomic mass is 9.84. The summed E-state index contributed by atoms with van der Waals surface area (Å²) in [6, 6.07) is 5.95. The summed E-state index contributed by atoms with van der Waals surface area (Å²) < 4.78 is 6.18. The van der Waals surface area contributed by atoms with Crippen molar-refractivity contribution in [3.63, 3.8) is 0 Å². The number of hydrogen-bond acceptors (Lipinski definition) is 3. The van der Waals surface area contributed by atoms with Crippen LogP contribution in [0.1, 0.15) is 38.2 Å². The SMILES string of the molecule is CCNC(=NCc1ccc(OC)c(Br)c1)NCC1(C(=O)N(C)C)CCCC1. The predicted molar refractivity (Wildman–Crippen MR) is 113 cm³/mol. The Morgan fingerprint density at radius 2 is 2.00 bits per heavy atom. The number of carbonyl (C=O) groups is 1. The van der Waals surface area contributed by atoms with Gasteiger partial charge >= 0.3 is 0 Å². The molecule has 0 aromatic heterocycles. The highest BCUT2D eigenvalue weighted by Crippen LogP contribution is 2.38. The van der Waals surface area contributed by atoms with Crippen LogP contribution in [-0.4, -0.2) is 51.1 Å². The van der Waals surface area contributed by atoms with Gasteiger partial charge in [0.2, 0.25) is 5.91 Å². The fourth-order valence-corrected chi connectivity index (χ4v) is 4.15. The standard InChI is InChI=1S/C20H31BrN4O2/c1-5-22-19(23-13-15-8-9-17(27-4)16(21)12-15)24-14-20(10-6-7-11-20)18(26)25(2)3/h8-9,12H,5-7,10-11,13-14H2,1-4H3,(H2,22,23,24). The minimum Gasteiger partial charge on any atom is -0.496 e. The molecular weight excluding hydrogens is 408 g/mol. The first-order valence-corrected chi connectivity index (χ1v) is 10.3. The lowest BCUT2D eigenvalue weighted by Gasteiger charge is -2.31. The molecule has 2 N–H and O–H groups in total. The molecule has 0 radical (unpaired) electrons. The molecule has 150 valence electrons. The van der Waals surface area contributed by atoms with Crippen molar-refractivity contribution in [2.24, 2.45) is 10.4 Å². The Hall–Kier alpha value is -1.76. The largest absolute Gasteiger partial charge is 0.496 e. The van der Waals surface area contributed by atoms with Gasteiger partial charge in [0.1, 0.15) is 5.75 Å². The summed E-state index contributed by atoms with van der Waals surface area (Å²) in [5.41, 5.74) is 0.767. The van der Waals surface area contributed by atoms with Crippen molar-refractivity contribution >= 4 is 27.8 Å². The lowest BCUT2D eigenvalue weighted by Crippen LogP contribution is -2.49. The number of hydrogen-bond donors (Lipinski definition) is 2. The molecule has 6 nitrogen and oxygen atoms in total. The smallest absolute Gasteiger partial charge is 0.230 e. The monoisotopic (exact) mass is 438 g/mol. The molecule has 7 heteroatoms. The van der Waals surface area contributed by atoms with Crippen LogP contribution in [0.3, 0.4) is 0 Å². The van der Waals surface area contributed by atoms with E-state index in [4.69, 9.17) is 4.74 Å². The van der Waals surface area contributed by atoms with E-state index in [2.05, 4.69) is 31.6 Å². The second kappa shape index (κ2) is 9.97. The van der Waals surface area contributed by atoms with Gasteiger partial charge in [-0.1, -0.05) is 18.9 Å². The molecule has 1 saturated carbocycles. The van der Waals surface area contributed by atoms with Crippen molar-refractivity contribution in [1.82, 2.24) is 15.5 Å². The fraction of sp³-hybridized carbons (Fsp3) is 0.600. The molecule has 0 aliphatic heterocycles. The topological polar surface area (TPSA) is 66.0 Å². The molecule has 1 aliphatic carbocycles. The van der Waals surface area contributed by atoms with Crippen LogP contribution in [0.2, 0.25) is 0 Å². The van der Waals surface area contributed by atoms with E-state index in [1.54, 1.807) is 12.0 Å². The Morgan fingerprint density at radius 1 is 1.30 bits per heavy atom. The number of methoxy groups -OCH3 is 1. The minimum atomic E-state index is -0.317. The molecule has 0 bridgehead atoms. The normalized spacial score (nSPS) is 16.1. The highest BCUT2D eigenvalue weighted by molar-refractivity contribution is 9.10. The Balaban J connectivity index is 2.06. The quantitative estimate of drug-likeness (QED) is 0.506. The Kier molecular flexibility index (Phi) is 7.95. The highest BCUT2D eigenvalue weighted by Gasteiger charge is 2.42. The lowest BCUT2D eigenvalue weighted by molar-refractivity contribution is -0.138. The number of halogens is 1. The van der Waals surface area contributed by atoms with Gasteiger partial charge in [0, 0.05) is 27.2 Å². The van der Waals surface area contributed by atoms with E-state index >= 15 is 0 Å². The van der Waals surface area contributed by atoms with Crippen molar-refractivity contribution in [2.75, 3.05) is 34.3 Å². The van der Waals surface area contributed by atoms with Crippen LogP contribution in [0.5, 0.6) is 5.75 Å². The van der Waals surface area contributed by atoms with E-state index in [0.29, 0.717) is 13.1 Å². The van der Waals surface area contributed by atoms with Gasteiger partial charge in [-0.3, -0.25) is 4.79 Å². The van der Waals surface area contributed by atoms with Gasteiger partial charge in [-0.05, 0) is 53.4 Å². The molecule has 1 fully saturated rings. The van der Waals surface area contributed by atoms with Gasteiger partial charge in [-0.2, -0.15) is 0 Å². The van der Waals surface area contributed by atoms with Gasteiger partial charge < -0.3 is 20.3 Å². The predicted octanol–water partition coefficient (Wildman–Crippen LogP) is 3.16. The molecule has 0 heterocycles. The zero-order valence-corrected chi connectivity index (χ0v) is 18.4. The van der Waals surface area contributed by atoms with E-state index in [1.807, 2.05) is 39.2 Å². The molecule has 1 amide bonds. The van der Waals surface area contributed by atoms with Crippen LogP contribution in [0.4, 0.5) is 0 Å². The van der Waals surface area contributed by atoms with Crippen molar-refractivity contribution in [1.29, 1.82) is 0 Å². The summed E-state index contributed by atoms with van der Waals surface area (Å²) >= 11 is 3.51. The number of carbonyl (C=O) groups excluding carboxylic acids is 1. The van der Waals surface area contributed by atoms with Crippen LogP contribution in [-0.2, 0) is 11.3 Å². The number of amides is 1. The first kappa shape index (κ1) is 21.5. The molecule has 0 unspecified atom stereocenters. The van der Waals surface area contributed by atoms with E-state index < -0.39 is 0 Å². The maximum Gasteiger partial charge on any atom is 0.230 e. The van der Waals surface area contributed by atoms with Crippen LogP contribution in [0.25, 0.3) is 0 Å². The average Bonchev–Trinajstić information content (AvgIpc) is 3.13. The van der Waals surface area contributed by atoms with Gasteiger partial charge in [0.05, 0.1) is 23.5 Å². The second-order valence-corrected chi connectivity index (χ2v) is 8.06. The van der Waals surface area contributed by atoms with Gasteiger partial charge in [-0.15, -0.1) is 0 Å². The summed E-state index contributed by atoms with van der Waals surface area (Å²) in [7, 11) is 5.32. The van der Waals surface area contributed by atoms with Crippen LogP contribution in [0, 0.1) is 5.41 Å². The zero-order valence-electron chi connectivity index (χ0n) is 16.8. The molecule has 1 aliphatic rings. The van der Waals surface area contributed by atoms with E-state index in [1.165, 1.54) is 0 Å². The Morgan fingerprint density at radius 3 is 2.56 bits per heavy atom. The van der Waals surface area contributed by atoms with Crippen LogP contribution < -0.4 is 15.4 Å². The third-order valence-corrected chi connectivity index (χ3v) is 5.61. The number of ether oxygens (including phenoxy) is 1. The van der Waals surface area contributed by atoms with Crippen molar-refractivity contribution in [2.45, 2.75) is 39.2 Å². The van der Waals surface area contributed by atoms with E-state index in [9.17, 15) is 4.79 Å². The van der Waals surface area contributed by atoms with Crippen molar-refractivity contribution in [3.8, 4) is 5.75 Å². The number of guanidine groups is 1. The summed E-state index contributed by atoms with van der Waals surface area (Å²) in [6.45, 7) is 3.97. The van der Waals surface area contributed by atoms with Crippen LogP contribution in [0.15, 0.2) is 27.7 Å². The molecule has 0 spiro atoms. The average molecular weight is 439 g/mol. The Bertz CT molecular complexity index is 670. The van der Waals surface area contributed by atoms with E-state index in [-0.39, 0.29) is 11.3 Å². The minimum absolute atomic E-state index is 0.211. The van der Waals surface area contributed by atoms with E-state index in [0.717, 1.165) is 54.0 Å². The van der Waals surface area contributed by atoms with Gasteiger partial charge in [0.15, 0.2) is 5.96 Å². The molecule has 2 rings (SSSR count). The molecule has 1 aromatic carbocycles. The summed E-state index contributed by atoms with van der Waals surface area (Å²) in [5, 5.41) is 6.68. The van der Waals surface area contributed by atoms with Crippen LogP contribution >= 0.6 is 15.9 Å². The molecule has 27 heavy (non-hydrogen) atoms. The van der Waals surface area contributed by atoms with Crippen molar-refractivity contribution < 1.29 is 9.53 Å². The fourth-order valence-electron chi connectivity index (χ4n) is 3.57. The molecular formula is C20H31BrN4O2. The molecule has 1 aromatic rings. The van der Waals surface area contributed by atoms with Gasteiger partial charge in [-0.25, -0.2) is 4.99 Å². The highest BCUT2D eigenvalue weighted by atomic mass is 79.9. The second-order valence-electron chi connectivity index (χ2n) is 7.20. The number of nitrogens with one attached hydrogen (secondary N) is 2. The summed E-state index contributed by atoms with van der Waals surface area (Å²) in [5.74, 6) is 1.75. The summed E-state index contributed by atoms with van der Waals surface area (Å²) in [4.78, 5) is 19.1. The number of aliphatic imine (C=N–C) groups is 1. The maximum absolute atomic E-state index is 12.7. The van der Waals surface area contributed by atoms with Crippen molar-refractivity contribution in [3.05, 3.63) is 28.2 Å². The Labute approximate surface area is 170 Å². The first-order chi connectivity index (χ1) is 12.9. The number of nitrogens with zero attached hydrogens (tertiary/aromatic N) is 2.